The zero-order valence-corrected chi connectivity index (χ0v) is 16.6. The molecule has 1 heterocycles. The summed E-state index contributed by atoms with van der Waals surface area (Å²) in [5, 5.41) is 4.24. The van der Waals surface area contributed by atoms with Crippen molar-refractivity contribution in [3.8, 4) is 0 Å². The van der Waals surface area contributed by atoms with Gasteiger partial charge in [-0.2, -0.15) is 13.2 Å². The highest BCUT2D eigenvalue weighted by atomic mass is 79.9. The second-order valence-corrected chi connectivity index (χ2v) is 7.23. The molecule has 0 spiro atoms. The maximum absolute atomic E-state index is 12.4. The Bertz CT molecular complexity index is 1040. The summed E-state index contributed by atoms with van der Waals surface area (Å²) >= 11 is 3.22. The van der Waals surface area contributed by atoms with E-state index >= 15 is 0 Å². The van der Waals surface area contributed by atoms with E-state index in [2.05, 4.69) is 21.2 Å². The highest BCUT2D eigenvalue weighted by molar-refractivity contribution is 9.10. The van der Waals surface area contributed by atoms with Gasteiger partial charge in [-0.3, -0.25) is 24.1 Å². The molecule has 0 atom stereocenters. The maximum atomic E-state index is 12.4. The smallest absolute Gasteiger partial charge is 0.350 e. The van der Waals surface area contributed by atoms with Crippen molar-refractivity contribution in [2.45, 2.75) is 12.7 Å². The van der Waals surface area contributed by atoms with E-state index in [0.717, 1.165) is 4.90 Å². The number of hydrogen-bond acceptors (Lipinski definition) is 4. The van der Waals surface area contributed by atoms with Crippen molar-refractivity contribution in [1.29, 1.82) is 0 Å². The molecule has 0 radical (unpaired) electrons. The number of benzene rings is 2. The van der Waals surface area contributed by atoms with Crippen molar-refractivity contribution in [2.24, 2.45) is 0 Å². The van der Waals surface area contributed by atoms with Crippen molar-refractivity contribution in [3.63, 3.8) is 0 Å². The lowest BCUT2D eigenvalue weighted by atomic mass is 10.1. The van der Waals surface area contributed by atoms with Crippen LogP contribution in [0.15, 0.2) is 46.9 Å². The third-order valence-corrected chi connectivity index (χ3v) is 4.69. The van der Waals surface area contributed by atoms with Gasteiger partial charge in [-0.1, -0.05) is 28.1 Å². The summed E-state index contributed by atoms with van der Waals surface area (Å²) in [4.78, 5) is 48.6. The van der Waals surface area contributed by atoms with E-state index < -0.39 is 36.3 Å². The fourth-order valence-corrected chi connectivity index (χ4v) is 3.08. The zero-order chi connectivity index (χ0) is 22.1. The number of fused-ring (bicyclic) bond motifs is 1. The third kappa shape index (κ3) is 4.67. The van der Waals surface area contributed by atoms with Crippen LogP contribution in [-0.4, -0.2) is 41.2 Å². The van der Waals surface area contributed by atoms with E-state index in [1.165, 1.54) is 36.4 Å². The van der Waals surface area contributed by atoms with E-state index in [-0.39, 0.29) is 23.4 Å². The first kappa shape index (κ1) is 21.5. The minimum atomic E-state index is -4.99. The molecule has 3 rings (SSSR count). The van der Waals surface area contributed by atoms with Crippen molar-refractivity contribution in [3.05, 3.63) is 63.6 Å². The molecule has 4 amide bonds. The molecule has 1 aliphatic rings. The molecule has 2 N–H and O–H groups in total. The number of rotatable bonds is 5. The summed E-state index contributed by atoms with van der Waals surface area (Å²) in [6.07, 6.45) is -4.99. The average molecular weight is 484 g/mol. The summed E-state index contributed by atoms with van der Waals surface area (Å²) < 4.78 is 37.3. The molecule has 0 aliphatic carbocycles. The number of hydrogen-bond donors (Lipinski definition) is 2. The minimum Gasteiger partial charge on any atom is -0.350 e. The van der Waals surface area contributed by atoms with Gasteiger partial charge in [0.1, 0.15) is 6.54 Å². The van der Waals surface area contributed by atoms with Crippen LogP contribution in [0.25, 0.3) is 0 Å². The Morgan fingerprint density at radius 3 is 2.23 bits per heavy atom. The lowest BCUT2D eigenvalue weighted by Crippen LogP contribution is -2.40. The fourth-order valence-electron chi connectivity index (χ4n) is 2.71. The van der Waals surface area contributed by atoms with Crippen LogP contribution in [0.1, 0.15) is 26.3 Å². The summed E-state index contributed by atoms with van der Waals surface area (Å²) in [7, 11) is 0. The van der Waals surface area contributed by atoms with Crippen molar-refractivity contribution in [1.82, 2.24) is 10.2 Å². The predicted octanol–water partition coefficient (Wildman–Crippen LogP) is 2.86. The Balaban J connectivity index is 1.55. The average Bonchev–Trinajstić information content (AvgIpc) is 2.91. The summed E-state index contributed by atoms with van der Waals surface area (Å²) in [6, 6.07) is 9.98. The number of imide groups is 1. The van der Waals surface area contributed by atoms with Gasteiger partial charge in [0.25, 0.3) is 11.8 Å². The van der Waals surface area contributed by atoms with Gasteiger partial charge in [-0.15, -0.1) is 0 Å². The molecule has 0 aromatic heterocycles. The van der Waals surface area contributed by atoms with E-state index in [1.807, 2.05) is 0 Å². The summed E-state index contributed by atoms with van der Waals surface area (Å²) in [5.41, 5.74) is 0.912. The quantitative estimate of drug-likeness (QED) is 0.639. The molecule has 0 fully saturated rings. The molecular formula is C19H13BrF3N3O4. The van der Waals surface area contributed by atoms with Gasteiger partial charge >= 0.3 is 12.1 Å². The van der Waals surface area contributed by atoms with E-state index in [0.29, 0.717) is 10.0 Å². The van der Waals surface area contributed by atoms with Crippen LogP contribution in [0.5, 0.6) is 0 Å². The minimum absolute atomic E-state index is 0.0149. The molecule has 0 unspecified atom stereocenters. The topological polar surface area (TPSA) is 95.6 Å². The van der Waals surface area contributed by atoms with Crippen molar-refractivity contribution in [2.75, 3.05) is 11.9 Å². The molecule has 7 nitrogen and oxygen atoms in total. The molecule has 2 aromatic rings. The number of alkyl halides is 3. The largest absolute Gasteiger partial charge is 0.471 e. The van der Waals surface area contributed by atoms with Crippen molar-refractivity contribution >= 4 is 45.2 Å². The highest BCUT2D eigenvalue weighted by Gasteiger charge is 2.38. The second kappa shape index (κ2) is 8.27. The predicted molar refractivity (Wildman–Crippen MR) is 102 cm³/mol. The van der Waals surface area contributed by atoms with Crippen LogP contribution in [0.2, 0.25) is 0 Å². The Morgan fingerprint density at radius 1 is 0.967 bits per heavy atom. The fraction of sp³-hybridized carbons (Fsp3) is 0.158. The SMILES string of the molecule is O=C(CN1C(=O)c2ccc(Br)cc2C1=O)NCc1ccc(NC(=O)C(F)(F)F)cc1. The Kier molecular flexibility index (Phi) is 5.92. The summed E-state index contributed by atoms with van der Waals surface area (Å²) in [6.45, 7) is -0.454. The first-order chi connectivity index (χ1) is 14.1. The highest BCUT2D eigenvalue weighted by Crippen LogP contribution is 2.25. The van der Waals surface area contributed by atoms with Gasteiger partial charge in [0.2, 0.25) is 5.91 Å². The van der Waals surface area contributed by atoms with Gasteiger partial charge in [-0.25, -0.2) is 0 Å². The Morgan fingerprint density at radius 2 is 1.60 bits per heavy atom. The lowest BCUT2D eigenvalue weighted by molar-refractivity contribution is -0.167. The number of halogens is 4. The Labute approximate surface area is 176 Å². The molecule has 0 saturated carbocycles. The monoisotopic (exact) mass is 483 g/mol. The first-order valence-electron chi connectivity index (χ1n) is 8.46. The van der Waals surface area contributed by atoms with Crippen molar-refractivity contribution < 1.29 is 32.3 Å². The molecule has 11 heteroatoms. The van der Waals surface area contributed by atoms with Crippen LogP contribution in [0.4, 0.5) is 18.9 Å². The zero-order valence-electron chi connectivity index (χ0n) is 15.0. The van der Waals surface area contributed by atoms with Crippen LogP contribution < -0.4 is 10.6 Å². The maximum Gasteiger partial charge on any atom is 0.471 e. The first-order valence-corrected chi connectivity index (χ1v) is 9.25. The normalized spacial score (nSPS) is 13.3. The molecule has 0 saturated heterocycles. The summed E-state index contributed by atoms with van der Waals surface area (Å²) in [5.74, 6) is -3.81. The lowest BCUT2D eigenvalue weighted by Gasteiger charge is -2.14. The van der Waals surface area contributed by atoms with Gasteiger partial charge in [0.05, 0.1) is 11.1 Å². The Hall–Kier alpha value is -3.21. The molecule has 1 aliphatic heterocycles. The molecule has 30 heavy (non-hydrogen) atoms. The van der Waals surface area contributed by atoms with E-state index in [4.69, 9.17) is 0 Å². The van der Waals surface area contributed by atoms with Crippen LogP contribution in [-0.2, 0) is 16.1 Å². The van der Waals surface area contributed by atoms with E-state index in [1.54, 1.807) is 11.4 Å². The van der Waals surface area contributed by atoms with Gasteiger partial charge in [0, 0.05) is 16.7 Å². The number of anilines is 1. The van der Waals surface area contributed by atoms with Crippen LogP contribution in [0, 0.1) is 0 Å². The molecular weight excluding hydrogens is 471 g/mol. The third-order valence-electron chi connectivity index (χ3n) is 4.19. The molecule has 0 bridgehead atoms. The van der Waals surface area contributed by atoms with Gasteiger partial charge in [-0.05, 0) is 35.9 Å². The number of amides is 4. The molecule has 2 aromatic carbocycles. The number of carbonyl (C=O) groups excluding carboxylic acids is 4. The van der Waals surface area contributed by atoms with Crippen LogP contribution >= 0.6 is 15.9 Å². The number of nitrogens with zero attached hydrogens (tertiary/aromatic N) is 1. The van der Waals surface area contributed by atoms with Crippen LogP contribution in [0.3, 0.4) is 0 Å². The van der Waals surface area contributed by atoms with Gasteiger partial charge < -0.3 is 10.6 Å². The standard InChI is InChI=1S/C19H13BrF3N3O4/c20-11-3-6-13-14(7-11)17(29)26(16(13)28)9-15(27)24-8-10-1-4-12(5-2-10)25-18(30)19(21,22)23/h1-7H,8-9H2,(H,24,27)(H,25,30). The number of nitrogens with one attached hydrogen (secondary N) is 2. The second-order valence-electron chi connectivity index (χ2n) is 6.31. The van der Waals surface area contributed by atoms with E-state index in [9.17, 15) is 32.3 Å². The van der Waals surface area contributed by atoms with Gasteiger partial charge in [0.15, 0.2) is 0 Å². The molecule has 156 valence electrons. The number of carbonyl (C=O) groups is 4.